The highest BCUT2D eigenvalue weighted by Crippen LogP contribution is 2.27. The molecule has 4 N–H and O–H groups in total. The molecule has 1 amide bonds. The molecule has 4 rings (SSSR count). The molecule has 8 nitrogen and oxygen atoms in total. The number of benzene rings is 3. The van der Waals surface area contributed by atoms with Crippen LogP contribution in [-0.4, -0.2) is 49.5 Å². The summed E-state index contributed by atoms with van der Waals surface area (Å²) < 4.78 is 2.18. The lowest BCUT2D eigenvalue weighted by Gasteiger charge is -2.21. The van der Waals surface area contributed by atoms with Crippen LogP contribution >= 0.6 is 11.8 Å². The molecule has 0 spiro atoms. The first-order chi connectivity index (χ1) is 22.4. The Hall–Kier alpha value is -3.95. The Bertz CT molecular complexity index is 1710. The van der Waals surface area contributed by atoms with Gasteiger partial charge in [-0.3, -0.25) is 9.59 Å². The number of carboxylic acid groups (broad SMARTS) is 1. The highest BCUT2D eigenvalue weighted by atomic mass is 32.2. The average molecular weight is 657 g/mol. The number of nitrogens with zero attached hydrogens (tertiary/aromatic N) is 2. The van der Waals surface area contributed by atoms with Gasteiger partial charge in [0, 0.05) is 30.3 Å². The fourth-order valence-electron chi connectivity index (χ4n) is 5.96. The lowest BCUT2D eigenvalue weighted by molar-refractivity contribution is -0.112. The molecule has 0 aliphatic heterocycles. The standard InChI is InChI=1S/C38H48N4O4S/c1-7-10-34-41-35-25(6)19-28(36(43)40-29(17-23(2)3)22-47-38(46)32(39)18-24(4)5)20-33(35)42(34)21-26-13-15-27(16-14-26)30-11-8-9-12-31(30)37(44)45/h8-9,11-16,19-20,23-24,29,32H,7,10,17-18,21-22,39H2,1-6H3,(H,40,43)(H,44,45). The van der Waals surface area contributed by atoms with Crippen LogP contribution in [0.3, 0.4) is 0 Å². The fourth-order valence-corrected chi connectivity index (χ4v) is 6.85. The fraction of sp³-hybridized carbons (Fsp3) is 0.421. The molecular weight excluding hydrogens is 609 g/mol. The predicted octanol–water partition coefficient (Wildman–Crippen LogP) is 7.49. The molecule has 0 radical (unpaired) electrons. The zero-order valence-electron chi connectivity index (χ0n) is 28.4. The number of hydrogen-bond acceptors (Lipinski definition) is 6. The predicted molar refractivity (Wildman–Crippen MR) is 192 cm³/mol. The molecule has 3 aromatic carbocycles. The number of carbonyl (C=O) groups is 3. The summed E-state index contributed by atoms with van der Waals surface area (Å²) in [6, 6.07) is 18.1. The number of aromatic nitrogens is 2. The number of fused-ring (bicyclic) bond motifs is 1. The molecule has 9 heteroatoms. The van der Waals surface area contributed by atoms with Crippen LogP contribution in [0, 0.1) is 18.8 Å². The number of carbonyl (C=O) groups excluding carboxylic acids is 2. The Labute approximate surface area is 282 Å². The summed E-state index contributed by atoms with van der Waals surface area (Å²) in [5.41, 5.74) is 12.2. The summed E-state index contributed by atoms with van der Waals surface area (Å²) in [5, 5.41) is 12.8. The van der Waals surface area contributed by atoms with Crippen LogP contribution in [0.5, 0.6) is 0 Å². The summed E-state index contributed by atoms with van der Waals surface area (Å²) in [7, 11) is 0. The van der Waals surface area contributed by atoms with E-state index in [0.717, 1.165) is 52.8 Å². The number of aromatic carboxylic acids is 1. The number of thioether (sulfide) groups is 1. The lowest BCUT2D eigenvalue weighted by atomic mass is 9.98. The maximum Gasteiger partial charge on any atom is 0.336 e. The summed E-state index contributed by atoms with van der Waals surface area (Å²) in [5.74, 6) is 0.974. The molecule has 0 bridgehead atoms. The van der Waals surface area contributed by atoms with Gasteiger partial charge >= 0.3 is 5.97 Å². The van der Waals surface area contributed by atoms with E-state index in [-0.39, 0.29) is 22.6 Å². The molecule has 0 aliphatic carbocycles. The van der Waals surface area contributed by atoms with Gasteiger partial charge in [0.1, 0.15) is 5.82 Å². The van der Waals surface area contributed by atoms with Gasteiger partial charge in [0.25, 0.3) is 5.91 Å². The van der Waals surface area contributed by atoms with Gasteiger partial charge in [-0.1, -0.05) is 88.8 Å². The van der Waals surface area contributed by atoms with Gasteiger partial charge in [-0.2, -0.15) is 0 Å². The molecule has 250 valence electrons. The molecule has 1 aromatic heterocycles. The van der Waals surface area contributed by atoms with Gasteiger partial charge in [0.05, 0.1) is 22.6 Å². The average Bonchev–Trinajstić information content (AvgIpc) is 3.36. The van der Waals surface area contributed by atoms with Crippen LogP contribution in [0.25, 0.3) is 22.2 Å². The summed E-state index contributed by atoms with van der Waals surface area (Å²) >= 11 is 1.21. The molecule has 4 aromatic rings. The summed E-state index contributed by atoms with van der Waals surface area (Å²) in [6.07, 6.45) is 3.11. The highest BCUT2D eigenvalue weighted by molar-refractivity contribution is 8.13. The van der Waals surface area contributed by atoms with Gasteiger partial charge in [0.15, 0.2) is 0 Å². The van der Waals surface area contributed by atoms with Gasteiger partial charge in [-0.05, 0) is 78.5 Å². The number of rotatable bonds is 15. The van der Waals surface area contributed by atoms with Crippen molar-refractivity contribution in [3.05, 3.63) is 88.7 Å². The minimum Gasteiger partial charge on any atom is -0.478 e. The second-order valence-electron chi connectivity index (χ2n) is 13.2. The number of imidazole rings is 1. The largest absolute Gasteiger partial charge is 0.478 e. The quantitative estimate of drug-likeness (QED) is 0.121. The molecule has 1 heterocycles. The Kier molecular flexibility index (Phi) is 12.4. The molecule has 2 atom stereocenters. The first-order valence-electron chi connectivity index (χ1n) is 16.5. The van der Waals surface area contributed by atoms with E-state index in [9.17, 15) is 19.5 Å². The van der Waals surface area contributed by atoms with Crippen molar-refractivity contribution in [1.29, 1.82) is 0 Å². The number of aryl methyl sites for hydroxylation is 2. The number of nitrogens with one attached hydrogen (secondary N) is 1. The topological polar surface area (TPSA) is 127 Å². The van der Waals surface area contributed by atoms with E-state index in [4.69, 9.17) is 10.7 Å². The van der Waals surface area contributed by atoms with Crippen LogP contribution in [0.2, 0.25) is 0 Å². The maximum absolute atomic E-state index is 13.7. The normalized spacial score (nSPS) is 12.9. The number of hydrogen-bond donors (Lipinski definition) is 3. The monoisotopic (exact) mass is 656 g/mol. The first-order valence-corrected chi connectivity index (χ1v) is 17.5. The minimum absolute atomic E-state index is 0.0366. The smallest absolute Gasteiger partial charge is 0.336 e. The van der Waals surface area contributed by atoms with Crippen molar-refractivity contribution in [1.82, 2.24) is 14.9 Å². The molecule has 0 saturated heterocycles. The minimum atomic E-state index is -0.956. The van der Waals surface area contributed by atoms with Gasteiger partial charge < -0.3 is 20.7 Å². The molecule has 0 fully saturated rings. The van der Waals surface area contributed by atoms with Crippen LogP contribution in [0.15, 0.2) is 60.7 Å². The highest BCUT2D eigenvalue weighted by Gasteiger charge is 2.22. The molecule has 47 heavy (non-hydrogen) atoms. The second-order valence-corrected chi connectivity index (χ2v) is 14.3. The number of carboxylic acids is 1. The van der Waals surface area contributed by atoms with E-state index >= 15 is 0 Å². The zero-order valence-corrected chi connectivity index (χ0v) is 29.2. The Morgan fingerprint density at radius 1 is 0.979 bits per heavy atom. The van der Waals surface area contributed by atoms with E-state index in [1.54, 1.807) is 12.1 Å². The van der Waals surface area contributed by atoms with E-state index in [1.165, 1.54) is 11.8 Å². The summed E-state index contributed by atoms with van der Waals surface area (Å²) in [4.78, 5) is 43.1. The SMILES string of the molecule is CCCc1nc2c(C)cc(C(=O)NC(CSC(=O)C(N)CC(C)C)CC(C)C)cc2n1Cc1ccc(-c2ccccc2C(=O)O)cc1. The third-order valence-corrected chi connectivity index (χ3v) is 9.32. The van der Waals surface area contributed by atoms with Crippen molar-refractivity contribution >= 4 is 39.8 Å². The lowest BCUT2D eigenvalue weighted by Crippen LogP contribution is -2.39. The Balaban J connectivity index is 1.60. The molecule has 0 saturated carbocycles. The molecule has 0 aliphatic rings. The van der Waals surface area contributed by atoms with Gasteiger partial charge in [0.2, 0.25) is 5.12 Å². The Morgan fingerprint density at radius 3 is 2.30 bits per heavy atom. The number of amides is 1. The number of nitrogens with two attached hydrogens (primary N) is 1. The van der Waals surface area contributed by atoms with Crippen molar-refractivity contribution in [3.8, 4) is 11.1 Å². The van der Waals surface area contributed by atoms with Crippen molar-refractivity contribution in [3.63, 3.8) is 0 Å². The van der Waals surface area contributed by atoms with E-state index < -0.39 is 12.0 Å². The Morgan fingerprint density at radius 2 is 1.66 bits per heavy atom. The first kappa shape index (κ1) is 35.9. The zero-order chi connectivity index (χ0) is 34.2. The summed E-state index contributed by atoms with van der Waals surface area (Å²) in [6.45, 7) is 13.0. The van der Waals surface area contributed by atoms with Crippen molar-refractivity contribution in [2.24, 2.45) is 17.6 Å². The van der Waals surface area contributed by atoms with Crippen LogP contribution in [0.1, 0.15) is 91.5 Å². The van der Waals surface area contributed by atoms with Crippen LogP contribution < -0.4 is 11.1 Å². The third-order valence-electron chi connectivity index (χ3n) is 8.17. The van der Waals surface area contributed by atoms with Crippen molar-refractivity contribution in [2.75, 3.05) is 5.75 Å². The van der Waals surface area contributed by atoms with E-state index in [0.29, 0.717) is 41.7 Å². The maximum atomic E-state index is 13.7. The van der Waals surface area contributed by atoms with Gasteiger partial charge in [-0.15, -0.1) is 0 Å². The van der Waals surface area contributed by atoms with Crippen molar-refractivity contribution in [2.45, 2.75) is 85.9 Å². The third kappa shape index (κ3) is 9.32. The van der Waals surface area contributed by atoms with Crippen molar-refractivity contribution < 1.29 is 19.5 Å². The van der Waals surface area contributed by atoms with E-state index in [2.05, 4.69) is 44.5 Å². The second kappa shape index (κ2) is 16.2. The van der Waals surface area contributed by atoms with Gasteiger partial charge in [-0.25, -0.2) is 9.78 Å². The van der Waals surface area contributed by atoms with Crippen LogP contribution in [0.4, 0.5) is 0 Å². The van der Waals surface area contributed by atoms with E-state index in [1.807, 2.05) is 55.5 Å². The molecular formula is C38H48N4O4S. The van der Waals surface area contributed by atoms with Crippen LogP contribution in [-0.2, 0) is 17.8 Å². The molecule has 2 unspecified atom stereocenters.